The van der Waals surface area contributed by atoms with E-state index in [1.807, 2.05) is 13.8 Å². The Bertz CT molecular complexity index is 339. The molecule has 0 rings (SSSR count). The minimum absolute atomic E-state index is 0.149. The van der Waals surface area contributed by atoms with E-state index in [-0.39, 0.29) is 19.0 Å². The minimum atomic E-state index is -0.686. The van der Waals surface area contributed by atoms with E-state index >= 15 is 0 Å². The fraction of sp³-hybridized carbons (Fsp3) is 0.692. The highest BCUT2D eigenvalue weighted by Crippen LogP contribution is 2.25. The number of carbonyl (C=O) groups is 2. The molecule has 0 saturated heterocycles. The van der Waals surface area contributed by atoms with Crippen molar-refractivity contribution in [3.8, 4) is 0 Å². The summed E-state index contributed by atoms with van der Waals surface area (Å²) in [5.74, 6) is -0.787. The zero-order chi connectivity index (χ0) is 14.6. The summed E-state index contributed by atoms with van der Waals surface area (Å²) in [6, 6.07) is 0. The van der Waals surface area contributed by atoms with E-state index in [0.29, 0.717) is 5.57 Å². The molecule has 0 fully saturated rings. The summed E-state index contributed by atoms with van der Waals surface area (Å²) in [5, 5.41) is 0. The molecule has 0 unspecified atom stereocenters. The average Bonchev–Trinajstić information content (AvgIpc) is 2.09. The lowest BCUT2D eigenvalue weighted by Crippen LogP contribution is -2.29. The number of rotatable bonds is 6. The van der Waals surface area contributed by atoms with Crippen LogP contribution in [0.2, 0.25) is 0 Å². The molecule has 0 aliphatic carbocycles. The first kappa shape index (κ1) is 17.2. The Morgan fingerprint density at radius 3 is 2.11 bits per heavy atom. The molecule has 0 radical (unpaired) electrons. The molecule has 0 aromatic heterocycles. The second-order valence-electron chi connectivity index (χ2n) is 5.53. The summed E-state index contributed by atoms with van der Waals surface area (Å²) in [5.41, 5.74) is -0.129. The SMILES string of the molecule is C=C(C)C(=O)OCC(C)(C)CC(=O)OC(C)(C)Br. The normalized spacial score (nSPS) is 11.9. The largest absolute Gasteiger partial charge is 0.462 e. The molecule has 0 amide bonds. The third-order valence-electron chi connectivity index (χ3n) is 1.92. The van der Waals surface area contributed by atoms with E-state index in [1.165, 1.54) is 0 Å². The van der Waals surface area contributed by atoms with Crippen LogP contribution in [0.4, 0.5) is 0 Å². The van der Waals surface area contributed by atoms with Crippen molar-refractivity contribution >= 4 is 27.9 Å². The monoisotopic (exact) mass is 320 g/mol. The van der Waals surface area contributed by atoms with Crippen molar-refractivity contribution in [3.63, 3.8) is 0 Å². The summed E-state index contributed by atoms with van der Waals surface area (Å²) >= 11 is 3.23. The zero-order valence-corrected chi connectivity index (χ0v) is 13.2. The van der Waals surface area contributed by atoms with Crippen LogP contribution in [-0.2, 0) is 19.1 Å². The van der Waals surface area contributed by atoms with Gasteiger partial charge in [-0.25, -0.2) is 4.79 Å². The van der Waals surface area contributed by atoms with E-state index in [2.05, 4.69) is 22.5 Å². The Labute approximate surface area is 117 Å². The smallest absolute Gasteiger partial charge is 0.333 e. The molecule has 18 heavy (non-hydrogen) atoms. The Kier molecular flexibility index (Phi) is 6.07. The number of carbonyl (C=O) groups excluding carboxylic acids is 2. The predicted octanol–water partition coefficient (Wildman–Crippen LogP) is 3.20. The molecule has 4 nitrogen and oxygen atoms in total. The number of esters is 2. The van der Waals surface area contributed by atoms with Gasteiger partial charge in [0.2, 0.25) is 0 Å². The maximum absolute atomic E-state index is 11.6. The van der Waals surface area contributed by atoms with Gasteiger partial charge < -0.3 is 9.47 Å². The second kappa shape index (κ2) is 6.36. The molecule has 0 bridgehead atoms. The average molecular weight is 321 g/mol. The van der Waals surface area contributed by atoms with Crippen molar-refractivity contribution in [1.82, 2.24) is 0 Å². The van der Waals surface area contributed by atoms with E-state index in [0.717, 1.165) is 0 Å². The van der Waals surface area contributed by atoms with Crippen molar-refractivity contribution in [1.29, 1.82) is 0 Å². The van der Waals surface area contributed by atoms with Crippen LogP contribution in [0.1, 0.15) is 41.0 Å². The van der Waals surface area contributed by atoms with E-state index in [4.69, 9.17) is 9.47 Å². The van der Waals surface area contributed by atoms with Gasteiger partial charge in [-0.05, 0) is 36.7 Å². The van der Waals surface area contributed by atoms with Gasteiger partial charge in [-0.1, -0.05) is 20.4 Å². The maximum atomic E-state index is 11.6. The summed E-state index contributed by atoms with van der Waals surface area (Å²) < 4.78 is 9.50. The van der Waals surface area contributed by atoms with Crippen molar-refractivity contribution in [2.45, 2.75) is 45.5 Å². The van der Waals surface area contributed by atoms with Gasteiger partial charge in [0.1, 0.15) is 0 Å². The second-order valence-corrected chi connectivity index (χ2v) is 7.44. The molecule has 0 aliphatic heterocycles. The molecular formula is C13H21BrO4. The van der Waals surface area contributed by atoms with Gasteiger partial charge in [-0.15, -0.1) is 0 Å². The lowest BCUT2D eigenvalue weighted by molar-refractivity contribution is -0.154. The Hall–Kier alpha value is -0.840. The zero-order valence-electron chi connectivity index (χ0n) is 11.6. The van der Waals surface area contributed by atoms with Gasteiger partial charge in [0.15, 0.2) is 4.51 Å². The van der Waals surface area contributed by atoms with Crippen molar-refractivity contribution in [2.24, 2.45) is 5.41 Å². The third kappa shape index (κ3) is 8.28. The molecule has 0 atom stereocenters. The lowest BCUT2D eigenvalue weighted by Gasteiger charge is -2.25. The number of hydrogen-bond donors (Lipinski definition) is 0. The first-order valence-corrected chi connectivity index (χ1v) is 6.46. The van der Waals surface area contributed by atoms with Crippen LogP contribution >= 0.6 is 15.9 Å². The van der Waals surface area contributed by atoms with E-state index in [1.54, 1.807) is 20.8 Å². The first-order chi connectivity index (χ1) is 7.93. The van der Waals surface area contributed by atoms with Gasteiger partial charge in [0.25, 0.3) is 0 Å². The highest BCUT2D eigenvalue weighted by Gasteiger charge is 2.28. The van der Waals surface area contributed by atoms with Crippen LogP contribution in [0.25, 0.3) is 0 Å². The lowest BCUT2D eigenvalue weighted by atomic mass is 9.90. The van der Waals surface area contributed by atoms with Gasteiger partial charge in [0.05, 0.1) is 13.0 Å². The molecule has 0 aliphatic rings. The highest BCUT2D eigenvalue weighted by atomic mass is 79.9. The topological polar surface area (TPSA) is 52.6 Å². The van der Waals surface area contributed by atoms with Crippen molar-refractivity contribution in [3.05, 3.63) is 12.2 Å². The molecule has 0 heterocycles. The number of ether oxygens (including phenoxy) is 2. The molecule has 0 saturated carbocycles. The minimum Gasteiger partial charge on any atom is -0.462 e. The number of halogens is 1. The quantitative estimate of drug-likeness (QED) is 0.428. The maximum Gasteiger partial charge on any atom is 0.333 e. The fourth-order valence-electron chi connectivity index (χ4n) is 1.13. The number of hydrogen-bond acceptors (Lipinski definition) is 4. The molecular weight excluding hydrogens is 300 g/mol. The van der Waals surface area contributed by atoms with Crippen LogP contribution < -0.4 is 0 Å². The summed E-state index contributed by atoms with van der Waals surface area (Å²) in [6.07, 6.45) is 0.172. The highest BCUT2D eigenvalue weighted by molar-refractivity contribution is 9.10. The Morgan fingerprint density at radius 2 is 1.72 bits per heavy atom. The van der Waals surface area contributed by atoms with Crippen molar-refractivity contribution < 1.29 is 19.1 Å². The first-order valence-electron chi connectivity index (χ1n) is 5.66. The summed E-state index contributed by atoms with van der Waals surface area (Å²) in [4.78, 5) is 22.9. The van der Waals surface area contributed by atoms with E-state index < -0.39 is 15.9 Å². The van der Waals surface area contributed by atoms with Gasteiger partial charge in [0, 0.05) is 11.0 Å². The van der Waals surface area contributed by atoms with Crippen LogP contribution in [0.5, 0.6) is 0 Å². The predicted molar refractivity (Wildman–Crippen MR) is 73.3 cm³/mol. The molecule has 5 heteroatoms. The van der Waals surface area contributed by atoms with Crippen molar-refractivity contribution in [2.75, 3.05) is 6.61 Å². The van der Waals surface area contributed by atoms with E-state index in [9.17, 15) is 9.59 Å². The third-order valence-corrected chi connectivity index (χ3v) is 2.08. The van der Waals surface area contributed by atoms with Gasteiger partial charge in [-0.3, -0.25) is 4.79 Å². The van der Waals surface area contributed by atoms with Crippen LogP contribution in [0, 0.1) is 5.41 Å². The standard InChI is InChI=1S/C13H21BrO4/c1-9(2)11(16)17-8-12(3,4)7-10(15)18-13(5,6)14/h1,7-8H2,2-6H3. The summed E-state index contributed by atoms with van der Waals surface area (Å²) in [7, 11) is 0. The van der Waals surface area contributed by atoms with Crippen LogP contribution in [0.15, 0.2) is 12.2 Å². The van der Waals surface area contributed by atoms with Crippen LogP contribution in [0.3, 0.4) is 0 Å². The Morgan fingerprint density at radius 1 is 1.22 bits per heavy atom. The molecule has 0 aromatic rings. The summed E-state index contributed by atoms with van der Waals surface area (Å²) in [6.45, 7) is 12.4. The van der Waals surface area contributed by atoms with Gasteiger partial charge >= 0.3 is 11.9 Å². The molecule has 0 aromatic carbocycles. The molecule has 104 valence electrons. The molecule has 0 spiro atoms. The fourth-order valence-corrected chi connectivity index (χ4v) is 1.31. The number of alkyl halides is 1. The Balaban J connectivity index is 4.27. The van der Waals surface area contributed by atoms with Gasteiger partial charge in [-0.2, -0.15) is 0 Å². The van der Waals surface area contributed by atoms with Crippen LogP contribution in [-0.4, -0.2) is 23.1 Å². The molecule has 0 N–H and O–H groups in total.